The van der Waals surface area contributed by atoms with E-state index in [1.165, 1.54) is 4.88 Å². The lowest BCUT2D eigenvalue weighted by Crippen LogP contribution is -2.33. The standard InChI is InChI=1S/C11H16ClNOS2/c1-9-3-6-16(14)7-4-13(9)8-11-10(12)2-5-15-11/h2,5,9H,3-4,6-8H2,1H3/t9-,16-/m0/s1. The SMILES string of the molecule is C[C@H]1CC[S@](=O)CCN1Cc1sccc1Cl. The number of thiophene rings is 1. The molecule has 1 aromatic heterocycles. The van der Waals surface area contributed by atoms with Gasteiger partial charge in [0.15, 0.2) is 0 Å². The molecule has 1 saturated heterocycles. The zero-order valence-electron chi connectivity index (χ0n) is 9.32. The molecule has 2 nitrogen and oxygen atoms in total. The second-order valence-electron chi connectivity index (χ2n) is 4.15. The molecule has 0 amide bonds. The Hall–Kier alpha value is 0.1000. The van der Waals surface area contributed by atoms with E-state index in [2.05, 4.69) is 11.8 Å². The van der Waals surface area contributed by atoms with Crippen molar-refractivity contribution in [3.8, 4) is 0 Å². The predicted octanol–water partition coefficient (Wildman–Crippen LogP) is 2.74. The molecule has 2 rings (SSSR count). The summed E-state index contributed by atoms with van der Waals surface area (Å²) in [6, 6.07) is 2.45. The van der Waals surface area contributed by atoms with Gasteiger partial charge < -0.3 is 0 Å². The van der Waals surface area contributed by atoms with Crippen molar-refractivity contribution in [1.29, 1.82) is 0 Å². The summed E-state index contributed by atoms with van der Waals surface area (Å²) in [4.78, 5) is 3.61. The average molecular weight is 278 g/mol. The van der Waals surface area contributed by atoms with Crippen LogP contribution < -0.4 is 0 Å². The summed E-state index contributed by atoms with van der Waals surface area (Å²) in [5, 5.41) is 2.89. The zero-order valence-corrected chi connectivity index (χ0v) is 11.7. The fourth-order valence-electron chi connectivity index (χ4n) is 1.88. The number of hydrogen-bond donors (Lipinski definition) is 0. The van der Waals surface area contributed by atoms with Crippen molar-refractivity contribution in [3.63, 3.8) is 0 Å². The average Bonchev–Trinajstić information content (AvgIpc) is 2.59. The summed E-state index contributed by atoms with van der Waals surface area (Å²) in [7, 11) is -0.624. The third kappa shape index (κ3) is 3.06. The molecule has 1 fully saturated rings. The predicted molar refractivity (Wildman–Crippen MR) is 71.7 cm³/mol. The quantitative estimate of drug-likeness (QED) is 0.829. The van der Waals surface area contributed by atoms with Crippen LogP contribution in [0.15, 0.2) is 11.4 Å². The molecule has 0 saturated carbocycles. The fourth-order valence-corrected chi connectivity index (χ4v) is 4.25. The molecule has 2 atom stereocenters. The Bertz CT molecular complexity index is 380. The van der Waals surface area contributed by atoms with Crippen molar-refractivity contribution in [2.75, 3.05) is 18.1 Å². The minimum atomic E-state index is -0.624. The second-order valence-corrected chi connectivity index (χ2v) is 7.25. The third-order valence-electron chi connectivity index (χ3n) is 3.03. The lowest BCUT2D eigenvalue weighted by atomic mass is 10.2. The summed E-state index contributed by atoms with van der Waals surface area (Å²) in [5.41, 5.74) is 0. The van der Waals surface area contributed by atoms with Gasteiger partial charge in [0.1, 0.15) is 0 Å². The normalized spacial score (nSPS) is 27.9. The van der Waals surface area contributed by atoms with E-state index >= 15 is 0 Å². The molecule has 0 unspecified atom stereocenters. The molecule has 90 valence electrons. The Morgan fingerprint density at radius 2 is 2.44 bits per heavy atom. The van der Waals surface area contributed by atoms with Crippen LogP contribution in [0.2, 0.25) is 5.02 Å². The lowest BCUT2D eigenvalue weighted by Gasteiger charge is -2.25. The molecular weight excluding hydrogens is 262 g/mol. The van der Waals surface area contributed by atoms with Gasteiger partial charge in [-0.1, -0.05) is 11.6 Å². The monoisotopic (exact) mass is 277 g/mol. The van der Waals surface area contributed by atoms with Crippen molar-refractivity contribution < 1.29 is 4.21 Å². The topological polar surface area (TPSA) is 20.3 Å². The Labute approximate surface area is 108 Å². The smallest absolute Gasteiger partial charge is 0.0558 e. The molecule has 0 N–H and O–H groups in total. The molecule has 0 spiro atoms. The van der Waals surface area contributed by atoms with Gasteiger partial charge in [-0.2, -0.15) is 0 Å². The van der Waals surface area contributed by atoms with Crippen LogP contribution in [0.5, 0.6) is 0 Å². The van der Waals surface area contributed by atoms with Gasteiger partial charge in [-0.05, 0) is 24.8 Å². The van der Waals surface area contributed by atoms with E-state index in [1.54, 1.807) is 11.3 Å². The molecule has 0 aromatic carbocycles. The van der Waals surface area contributed by atoms with Crippen molar-refractivity contribution in [2.45, 2.75) is 25.9 Å². The maximum absolute atomic E-state index is 11.5. The minimum Gasteiger partial charge on any atom is -0.295 e. The summed E-state index contributed by atoms with van der Waals surface area (Å²) in [6.07, 6.45) is 1.02. The number of nitrogens with zero attached hydrogens (tertiary/aromatic N) is 1. The number of rotatable bonds is 2. The van der Waals surface area contributed by atoms with Crippen molar-refractivity contribution in [2.24, 2.45) is 0 Å². The highest BCUT2D eigenvalue weighted by Gasteiger charge is 2.20. The highest BCUT2D eigenvalue weighted by molar-refractivity contribution is 7.85. The summed E-state index contributed by atoms with van der Waals surface area (Å²) in [6.45, 7) is 4.03. The molecule has 16 heavy (non-hydrogen) atoms. The van der Waals surface area contributed by atoms with E-state index in [1.807, 2.05) is 11.4 Å². The summed E-state index contributed by atoms with van der Waals surface area (Å²) >= 11 is 7.80. The third-order valence-corrected chi connectivity index (χ3v) is 5.73. The minimum absolute atomic E-state index is 0.504. The molecule has 0 radical (unpaired) electrons. The van der Waals surface area contributed by atoms with Crippen LogP contribution >= 0.6 is 22.9 Å². The van der Waals surface area contributed by atoms with Gasteiger partial charge in [0.25, 0.3) is 0 Å². The highest BCUT2D eigenvalue weighted by atomic mass is 35.5. The van der Waals surface area contributed by atoms with E-state index in [9.17, 15) is 4.21 Å². The Kier molecular flexibility index (Phi) is 4.41. The van der Waals surface area contributed by atoms with Crippen molar-refractivity contribution in [3.05, 3.63) is 21.3 Å². The van der Waals surface area contributed by atoms with Gasteiger partial charge in [-0.25, -0.2) is 0 Å². The molecular formula is C11H16ClNOS2. The molecule has 2 heterocycles. The maximum atomic E-state index is 11.5. The van der Waals surface area contributed by atoms with E-state index < -0.39 is 10.8 Å². The Morgan fingerprint density at radius 1 is 1.62 bits per heavy atom. The van der Waals surface area contributed by atoms with Crippen molar-refractivity contribution >= 4 is 33.7 Å². The van der Waals surface area contributed by atoms with Gasteiger partial charge in [0.2, 0.25) is 0 Å². The largest absolute Gasteiger partial charge is 0.295 e. The van der Waals surface area contributed by atoms with Crippen molar-refractivity contribution in [1.82, 2.24) is 4.90 Å². The van der Waals surface area contributed by atoms with Crippen LogP contribution in [0.3, 0.4) is 0 Å². The fraction of sp³-hybridized carbons (Fsp3) is 0.636. The van der Waals surface area contributed by atoms with E-state index in [0.29, 0.717) is 6.04 Å². The van der Waals surface area contributed by atoms with E-state index in [0.717, 1.165) is 36.0 Å². The van der Waals surface area contributed by atoms with Gasteiger partial charge >= 0.3 is 0 Å². The lowest BCUT2D eigenvalue weighted by molar-refractivity contribution is 0.214. The second kappa shape index (κ2) is 5.63. The summed E-state index contributed by atoms with van der Waals surface area (Å²) < 4.78 is 11.5. The number of hydrogen-bond acceptors (Lipinski definition) is 3. The van der Waals surface area contributed by atoms with Crippen LogP contribution in [0.4, 0.5) is 0 Å². The van der Waals surface area contributed by atoms with Gasteiger partial charge in [0.05, 0.1) is 5.02 Å². The van der Waals surface area contributed by atoms with Crippen LogP contribution in [0.25, 0.3) is 0 Å². The highest BCUT2D eigenvalue weighted by Crippen LogP contribution is 2.25. The van der Waals surface area contributed by atoms with Crippen LogP contribution in [0, 0.1) is 0 Å². The number of halogens is 1. The Morgan fingerprint density at radius 3 is 3.12 bits per heavy atom. The Balaban J connectivity index is 2.03. The first-order valence-corrected chi connectivity index (χ1v) is 8.22. The van der Waals surface area contributed by atoms with Gasteiger partial charge in [0, 0.05) is 46.3 Å². The van der Waals surface area contributed by atoms with E-state index in [4.69, 9.17) is 11.6 Å². The van der Waals surface area contributed by atoms with Gasteiger partial charge in [-0.15, -0.1) is 11.3 Å². The molecule has 1 aliphatic heterocycles. The first kappa shape index (κ1) is 12.6. The molecule has 0 aliphatic carbocycles. The van der Waals surface area contributed by atoms with Crippen LogP contribution in [0.1, 0.15) is 18.2 Å². The molecule has 0 bridgehead atoms. The molecule has 1 aliphatic rings. The first-order valence-electron chi connectivity index (χ1n) is 5.47. The van der Waals surface area contributed by atoms with Crippen LogP contribution in [-0.4, -0.2) is 33.2 Å². The van der Waals surface area contributed by atoms with E-state index in [-0.39, 0.29) is 0 Å². The van der Waals surface area contributed by atoms with Crippen LogP contribution in [-0.2, 0) is 17.3 Å². The molecule has 1 aromatic rings. The zero-order chi connectivity index (χ0) is 11.5. The summed E-state index contributed by atoms with van der Waals surface area (Å²) in [5.74, 6) is 1.64. The first-order chi connectivity index (χ1) is 7.66. The maximum Gasteiger partial charge on any atom is 0.0558 e. The van der Waals surface area contributed by atoms with Gasteiger partial charge in [-0.3, -0.25) is 9.11 Å². The molecule has 5 heteroatoms.